The number of methoxy groups -OCH3 is 1. The number of aliphatic carboxylic acids is 1. The summed E-state index contributed by atoms with van der Waals surface area (Å²) in [6.45, 7) is 0.466. The average Bonchev–Trinajstić information content (AvgIpc) is 2.83. The molecule has 1 aromatic rings. The normalized spacial score (nSPS) is 15.9. The smallest absolute Gasteiger partial charge is 0.266 e. The molecule has 0 aliphatic carbocycles. The van der Waals surface area contributed by atoms with Crippen LogP contribution in [0.5, 0.6) is 11.5 Å². The number of hydrogen-bond donors (Lipinski definition) is 1. The quantitative estimate of drug-likeness (QED) is 0.418. The Morgan fingerprint density at radius 2 is 2.16 bits per heavy atom. The SMILES string of the molecule is COc1cc(/C=C2\SC(=S)N(CCCCCC(=O)[O-])C2=O)ccc1O. The van der Waals surface area contributed by atoms with Crippen molar-refractivity contribution in [1.29, 1.82) is 0 Å². The highest BCUT2D eigenvalue weighted by Crippen LogP contribution is 2.34. The molecule has 0 atom stereocenters. The van der Waals surface area contributed by atoms with Gasteiger partial charge in [-0.3, -0.25) is 9.69 Å². The first-order valence-corrected chi connectivity index (χ1v) is 8.97. The van der Waals surface area contributed by atoms with Gasteiger partial charge in [-0.05, 0) is 43.0 Å². The van der Waals surface area contributed by atoms with Crippen molar-refractivity contribution in [1.82, 2.24) is 4.90 Å². The molecule has 1 fully saturated rings. The first-order valence-electron chi connectivity index (χ1n) is 7.74. The van der Waals surface area contributed by atoms with Crippen molar-refractivity contribution < 1.29 is 24.5 Å². The van der Waals surface area contributed by atoms with Gasteiger partial charge in [0.15, 0.2) is 11.5 Å². The number of benzene rings is 1. The maximum atomic E-state index is 12.5. The van der Waals surface area contributed by atoms with Crippen molar-refractivity contribution >= 4 is 46.3 Å². The predicted octanol–water partition coefficient (Wildman–Crippen LogP) is 1.91. The van der Waals surface area contributed by atoms with Gasteiger partial charge in [0.05, 0.1) is 12.0 Å². The van der Waals surface area contributed by atoms with Crippen molar-refractivity contribution in [3.63, 3.8) is 0 Å². The summed E-state index contributed by atoms with van der Waals surface area (Å²) >= 11 is 6.48. The second-order valence-electron chi connectivity index (χ2n) is 5.45. The third-order valence-electron chi connectivity index (χ3n) is 3.64. The minimum atomic E-state index is -1.06. The zero-order chi connectivity index (χ0) is 18.4. The van der Waals surface area contributed by atoms with Crippen molar-refractivity contribution in [2.75, 3.05) is 13.7 Å². The minimum absolute atomic E-state index is 0.0288. The van der Waals surface area contributed by atoms with Crippen LogP contribution in [-0.2, 0) is 9.59 Å². The van der Waals surface area contributed by atoms with Crippen LogP contribution in [0.1, 0.15) is 31.2 Å². The fourth-order valence-corrected chi connectivity index (χ4v) is 3.65. The number of carbonyl (C=O) groups is 2. The van der Waals surface area contributed by atoms with E-state index >= 15 is 0 Å². The molecule has 6 nitrogen and oxygen atoms in total. The molecule has 0 aromatic heterocycles. The molecular formula is C17H18NO5S2-. The molecule has 1 aromatic carbocycles. The topological polar surface area (TPSA) is 89.9 Å². The van der Waals surface area contributed by atoms with Gasteiger partial charge >= 0.3 is 0 Å². The molecule has 1 saturated heterocycles. The van der Waals surface area contributed by atoms with Crippen LogP contribution < -0.4 is 9.84 Å². The lowest BCUT2D eigenvalue weighted by atomic mass is 10.1. The molecule has 2 rings (SSSR count). The molecular weight excluding hydrogens is 362 g/mol. The number of rotatable bonds is 8. The van der Waals surface area contributed by atoms with E-state index in [4.69, 9.17) is 17.0 Å². The Morgan fingerprint density at radius 3 is 2.84 bits per heavy atom. The van der Waals surface area contributed by atoms with Gasteiger partial charge in [-0.2, -0.15) is 0 Å². The first-order chi connectivity index (χ1) is 11.9. The molecule has 1 N–H and O–H groups in total. The summed E-state index contributed by atoms with van der Waals surface area (Å²) in [5.41, 5.74) is 0.726. The van der Waals surface area contributed by atoms with E-state index in [1.165, 1.54) is 29.8 Å². The third-order valence-corrected chi connectivity index (χ3v) is 5.02. The van der Waals surface area contributed by atoms with Gasteiger partial charge in [-0.25, -0.2) is 0 Å². The maximum Gasteiger partial charge on any atom is 0.266 e. The zero-order valence-electron chi connectivity index (χ0n) is 13.7. The lowest BCUT2D eigenvalue weighted by Gasteiger charge is -2.14. The standard InChI is InChI=1S/C17H19NO5S2/c1-23-13-9-11(6-7-12(13)19)10-14-16(22)18(17(24)25-14)8-4-2-3-5-15(20)21/h6-7,9-10,19H,2-5,8H2,1H3,(H,20,21)/p-1/b14-10-. The molecule has 134 valence electrons. The number of nitrogens with zero attached hydrogens (tertiary/aromatic N) is 1. The van der Waals surface area contributed by atoms with Crippen molar-refractivity contribution in [2.45, 2.75) is 25.7 Å². The monoisotopic (exact) mass is 380 g/mol. The van der Waals surface area contributed by atoms with Crippen LogP contribution in [0.15, 0.2) is 23.1 Å². The summed E-state index contributed by atoms with van der Waals surface area (Å²) in [6, 6.07) is 4.83. The van der Waals surface area contributed by atoms with Crippen LogP contribution in [0.2, 0.25) is 0 Å². The number of thiocarbonyl (C=S) groups is 1. The Balaban J connectivity index is 1.99. The number of ether oxygens (including phenoxy) is 1. The number of carbonyl (C=O) groups excluding carboxylic acids is 2. The lowest BCUT2D eigenvalue weighted by molar-refractivity contribution is -0.305. The van der Waals surface area contributed by atoms with E-state index in [1.807, 2.05) is 0 Å². The average molecular weight is 380 g/mol. The highest BCUT2D eigenvalue weighted by atomic mass is 32.2. The molecule has 1 heterocycles. The first kappa shape index (κ1) is 19.3. The molecule has 25 heavy (non-hydrogen) atoms. The molecule has 0 saturated carbocycles. The number of phenols is 1. The zero-order valence-corrected chi connectivity index (χ0v) is 15.3. The van der Waals surface area contributed by atoms with E-state index in [0.29, 0.717) is 40.8 Å². The molecule has 1 aliphatic rings. The molecule has 8 heteroatoms. The van der Waals surface area contributed by atoms with Gasteiger partial charge in [-0.1, -0.05) is 36.5 Å². The van der Waals surface area contributed by atoms with E-state index in [1.54, 1.807) is 18.2 Å². The number of amides is 1. The Labute approximate surface area is 155 Å². The largest absolute Gasteiger partial charge is 0.550 e. The van der Waals surface area contributed by atoms with Gasteiger partial charge in [0.2, 0.25) is 0 Å². The van der Waals surface area contributed by atoms with E-state index in [9.17, 15) is 19.8 Å². The summed E-state index contributed by atoms with van der Waals surface area (Å²) in [7, 11) is 1.46. The number of unbranched alkanes of at least 4 members (excludes halogenated alkanes) is 2. The molecule has 1 aliphatic heterocycles. The summed E-state index contributed by atoms with van der Waals surface area (Å²) in [5, 5.41) is 20.0. The highest BCUT2D eigenvalue weighted by Gasteiger charge is 2.31. The number of phenolic OH excluding ortho intramolecular Hbond substituents is 1. The van der Waals surface area contributed by atoms with Crippen LogP contribution in [0.3, 0.4) is 0 Å². The molecule has 0 spiro atoms. The predicted molar refractivity (Wildman–Crippen MR) is 98.0 cm³/mol. The summed E-state index contributed by atoms with van der Waals surface area (Å²) in [4.78, 5) is 24.9. The van der Waals surface area contributed by atoms with E-state index in [0.717, 1.165) is 5.56 Å². The van der Waals surface area contributed by atoms with Crippen LogP contribution in [0.25, 0.3) is 6.08 Å². The molecule has 0 radical (unpaired) electrons. The second kappa shape index (κ2) is 8.87. The van der Waals surface area contributed by atoms with Gasteiger partial charge in [0, 0.05) is 12.5 Å². The fourth-order valence-electron chi connectivity index (χ4n) is 2.34. The lowest BCUT2D eigenvalue weighted by Crippen LogP contribution is -2.29. The minimum Gasteiger partial charge on any atom is -0.550 e. The van der Waals surface area contributed by atoms with Gasteiger partial charge in [0.25, 0.3) is 5.91 Å². The van der Waals surface area contributed by atoms with Gasteiger partial charge < -0.3 is 19.7 Å². The van der Waals surface area contributed by atoms with Crippen LogP contribution in [0.4, 0.5) is 0 Å². The van der Waals surface area contributed by atoms with E-state index < -0.39 is 5.97 Å². The number of carboxylic acids is 1. The fraction of sp³-hybridized carbons (Fsp3) is 0.353. The van der Waals surface area contributed by atoms with Crippen molar-refractivity contribution in [2.24, 2.45) is 0 Å². The van der Waals surface area contributed by atoms with Crippen molar-refractivity contribution in [3.05, 3.63) is 28.7 Å². The van der Waals surface area contributed by atoms with E-state index in [-0.39, 0.29) is 18.1 Å². The van der Waals surface area contributed by atoms with Crippen LogP contribution in [-0.4, -0.2) is 39.9 Å². The van der Waals surface area contributed by atoms with E-state index in [2.05, 4.69) is 0 Å². The van der Waals surface area contributed by atoms with Crippen LogP contribution >= 0.6 is 24.0 Å². The Morgan fingerprint density at radius 1 is 1.40 bits per heavy atom. The number of thioether (sulfide) groups is 1. The third kappa shape index (κ3) is 5.20. The van der Waals surface area contributed by atoms with Gasteiger partial charge in [-0.15, -0.1) is 0 Å². The number of aromatic hydroxyl groups is 1. The second-order valence-corrected chi connectivity index (χ2v) is 7.12. The summed E-state index contributed by atoms with van der Waals surface area (Å²) in [5.74, 6) is -0.860. The summed E-state index contributed by atoms with van der Waals surface area (Å²) < 4.78 is 5.55. The molecule has 0 unspecified atom stereocenters. The van der Waals surface area contributed by atoms with Crippen LogP contribution in [0, 0.1) is 0 Å². The van der Waals surface area contributed by atoms with Crippen molar-refractivity contribution in [3.8, 4) is 11.5 Å². The highest BCUT2D eigenvalue weighted by molar-refractivity contribution is 8.26. The van der Waals surface area contributed by atoms with Gasteiger partial charge in [0.1, 0.15) is 4.32 Å². The maximum absolute atomic E-state index is 12.5. The number of hydrogen-bond acceptors (Lipinski definition) is 7. The summed E-state index contributed by atoms with van der Waals surface area (Å²) in [6.07, 6.45) is 3.64. The molecule has 1 amide bonds. The number of carboxylic acid groups (broad SMARTS) is 1. The molecule has 0 bridgehead atoms. The Bertz CT molecular complexity index is 717. The Kier molecular flexibility index (Phi) is 6.83. The Hall–Kier alpha value is -2.06.